The third-order valence-electron chi connectivity index (χ3n) is 3.12. The van der Waals surface area contributed by atoms with E-state index in [9.17, 15) is 0 Å². The highest BCUT2D eigenvalue weighted by molar-refractivity contribution is 4.95. The largest absolute Gasteiger partial charge is 0.347 e. The lowest BCUT2D eigenvalue weighted by atomic mass is 10.1. The van der Waals surface area contributed by atoms with Crippen LogP contribution in [0.2, 0.25) is 0 Å². The number of hydrogen-bond acceptors (Lipinski definition) is 3. The minimum atomic E-state index is 0.687. The third-order valence-corrected chi connectivity index (χ3v) is 3.12. The first-order valence-electron chi connectivity index (χ1n) is 5.82. The molecule has 0 radical (unpaired) electrons. The second-order valence-electron chi connectivity index (χ2n) is 4.14. The Kier molecular flexibility index (Phi) is 3.75. The molecule has 0 aromatic carbocycles. The second-order valence-corrected chi connectivity index (χ2v) is 4.14. The highest BCUT2D eigenvalue weighted by Gasteiger charge is 2.19. The summed E-state index contributed by atoms with van der Waals surface area (Å²) < 4.78 is 0. The van der Waals surface area contributed by atoms with Gasteiger partial charge >= 0.3 is 0 Å². The van der Waals surface area contributed by atoms with Crippen molar-refractivity contribution in [2.75, 3.05) is 19.6 Å². The fraction of sp³-hybridized carbons (Fsp3) is 0.727. The molecule has 2 N–H and O–H groups in total. The van der Waals surface area contributed by atoms with Gasteiger partial charge in [0.25, 0.3) is 0 Å². The summed E-state index contributed by atoms with van der Waals surface area (Å²) in [4.78, 5) is 9.74. The summed E-state index contributed by atoms with van der Waals surface area (Å²) in [7, 11) is 0. The van der Waals surface area contributed by atoms with E-state index >= 15 is 0 Å². The summed E-state index contributed by atoms with van der Waals surface area (Å²) in [6.45, 7) is 6.62. The molecule has 0 spiro atoms. The van der Waals surface area contributed by atoms with Gasteiger partial charge in [-0.1, -0.05) is 6.92 Å². The first-order chi connectivity index (χ1) is 7.40. The molecule has 4 nitrogen and oxygen atoms in total. The molecule has 0 aliphatic carbocycles. The van der Waals surface area contributed by atoms with Crippen LogP contribution in [0.15, 0.2) is 12.5 Å². The van der Waals surface area contributed by atoms with Crippen molar-refractivity contribution in [3.8, 4) is 0 Å². The quantitative estimate of drug-likeness (QED) is 0.775. The molecule has 0 amide bonds. The Morgan fingerprint density at radius 1 is 1.60 bits per heavy atom. The molecule has 1 aliphatic heterocycles. The van der Waals surface area contributed by atoms with Gasteiger partial charge in [-0.2, -0.15) is 0 Å². The Hall–Kier alpha value is -0.870. The summed E-state index contributed by atoms with van der Waals surface area (Å²) in [5, 5.41) is 3.46. The minimum Gasteiger partial charge on any atom is -0.347 e. The smallest absolute Gasteiger partial charge is 0.0922 e. The van der Waals surface area contributed by atoms with Crippen LogP contribution in [0, 0.1) is 0 Å². The van der Waals surface area contributed by atoms with E-state index in [1.165, 1.54) is 25.1 Å². The maximum Gasteiger partial charge on any atom is 0.0922 e. The van der Waals surface area contributed by atoms with Crippen LogP contribution in [-0.2, 0) is 6.54 Å². The second kappa shape index (κ2) is 5.28. The number of aromatic nitrogens is 2. The zero-order valence-corrected chi connectivity index (χ0v) is 9.37. The van der Waals surface area contributed by atoms with Gasteiger partial charge in [0.15, 0.2) is 0 Å². The normalized spacial score (nSPS) is 22.1. The Morgan fingerprint density at radius 2 is 2.53 bits per heavy atom. The molecule has 1 unspecified atom stereocenters. The molecule has 1 aromatic heterocycles. The summed E-state index contributed by atoms with van der Waals surface area (Å²) in [6.07, 6.45) is 6.28. The lowest BCUT2D eigenvalue weighted by Crippen LogP contribution is -2.45. The molecule has 4 heteroatoms. The molecular formula is C11H20N4. The maximum absolute atomic E-state index is 4.06. The van der Waals surface area contributed by atoms with E-state index < -0.39 is 0 Å². The van der Waals surface area contributed by atoms with E-state index in [0.717, 1.165) is 19.6 Å². The third kappa shape index (κ3) is 2.79. The fourth-order valence-electron chi connectivity index (χ4n) is 2.23. The zero-order chi connectivity index (χ0) is 10.5. The lowest BCUT2D eigenvalue weighted by Gasteiger charge is -2.33. The number of imidazole rings is 1. The van der Waals surface area contributed by atoms with Crippen molar-refractivity contribution in [3.63, 3.8) is 0 Å². The maximum atomic E-state index is 4.06. The van der Waals surface area contributed by atoms with E-state index in [-0.39, 0.29) is 0 Å². The van der Waals surface area contributed by atoms with Gasteiger partial charge in [-0.15, -0.1) is 0 Å². The number of H-pyrrole nitrogens is 1. The van der Waals surface area contributed by atoms with Crippen LogP contribution in [-0.4, -0.2) is 40.5 Å². The monoisotopic (exact) mass is 208 g/mol. The lowest BCUT2D eigenvalue weighted by molar-refractivity contribution is 0.164. The summed E-state index contributed by atoms with van der Waals surface area (Å²) in [6, 6.07) is 0.687. The number of aromatic amines is 1. The van der Waals surface area contributed by atoms with Crippen molar-refractivity contribution in [3.05, 3.63) is 18.2 Å². The van der Waals surface area contributed by atoms with Crippen LogP contribution in [0.1, 0.15) is 25.5 Å². The molecular weight excluding hydrogens is 188 g/mol. The van der Waals surface area contributed by atoms with Gasteiger partial charge in [-0.25, -0.2) is 4.98 Å². The topological polar surface area (TPSA) is 44.0 Å². The summed E-state index contributed by atoms with van der Waals surface area (Å²) in [5.41, 5.74) is 1.21. The van der Waals surface area contributed by atoms with Gasteiger partial charge < -0.3 is 10.3 Å². The highest BCUT2D eigenvalue weighted by Crippen LogP contribution is 2.12. The molecule has 1 aromatic rings. The highest BCUT2D eigenvalue weighted by atomic mass is 15.2. The zero-order valence-electron chi connectivity index (χ0n) is 9.37. The van der Waals surface area contributed by atoms with Crippen LogP contribution >= 0.6 is 0 Å². The average Bonchev–Trinajstić information content (AvgIpc) is 2.80. The Labute approximate surface area is 91.1 Å². The van der Waals surface area contributed by atoms with Crippen LogP contribution in [0.5, 0.6) is 0 Å². The van der Waals surface area contributed by atoms with Crippen molar-refractivity contribution in [1.82, 2.24) is 20.2 Å². The van der Waals surface area contributed by atoms with Crippen LogP contribution in [0.25, 0.3) is 0 Å². The van der Waals surface area contributed by atoms with E-state index in [1.54, 1.807) is 6.33 Å². The van der Waals surface area contributed by atoms with Crippen molar-refractivity contribution in [2.45, 2.75) is 32.4 Å². The first kappa shape index (κ1) is 10.6. The van der Waals surface area contributed by atoms with Gasteiger partial charge in [-0.3, -0.25) is 4.90 Å². The standard InChI is InChI=1S/C11H20N4/c1-2-15(8-10-6-13-9-14-10)11-4-3-5-12-7-11/h6,9,11-12H,2-5,7-8H2,1H3,(H,13,14). The first-order valence-corrected chi connectivity index (χ1v) is 5.82. The molecule has 0 bridgehead atoms. The van der Waals surface area contributed by atoms with Crippen LogP contribution < -0.4 is 5.32 Å². The van der Waals surface area contributed by atoms with Gasteiger partial charge in [0.05, 0.1) is 6.33 Å². The number of nitrogens with one attached hydrogen (secondary N) is 2. The molecule has 0 saturated carbocycles. The predicted molar refractivity (Wildman–Crippen MR) is 60.6 cm³/mol. The minimum absolute atomic E-state index is 0.687. The van der Waals surface area contributed by atoms with Crippen LogP contribution in [0.3, 0.4) is 0 Å². The van der Waals surface area contributed by atoms with Crippen molar-refractivity contribution < 1.29 is 0 Å². The number of hydrogen-bond donors (Lipinski definition) is 2. The molecule has 2 heterocycles. The van der Waals surface area contributed by atoms with Crippen molar-refractivity contribution in [1.29, 1.82) is 0 Å². The Balaban J connectivity index is 1.91. The molecule has 1 saturated heterocycles. The number of rotatable bonds is 4. The number of piperidine rings is 1. The molecule has 1 atom stereocenters. The summed E-state index contributed by atoms with van der Waals surface area (Å²) in [5.74, 6) is 0. The fourth-order valence-corrected chi connectivity index (χ4v) is 2.23. The summed E-state index contributed by atoms with van der Waals surface area (Å²) >= 11 is 0. The predicted octanol–water partition coefficient (Wildman–Crippen LogP) is 0.984. The number of likely N-dealkylation sites (N-methyl/N-ethyl adjacent to an activating group) is 1. The van der Waals surface area contributed by atoms with Crippen molar-refractivity contribution >= 4 is 0 Å². The Morgan fingerprint density at radius 3 is 3.13 bits per heavy atom. The molecule has 1 fully saturated rings. The molecule has 15 heavy (non-hydrogen) atoms. The Bertz CT molecular complexity index is 264. The van der Waals surface area contributed by atoms with Gasteiger partial charge in [0, 0.05) is 31.0 Å². The van der Waals surface area contributed by atoms with E-state index in [4.69, 9.17) is 0 Å². The molecule has 1 aliphatic rings. The van der Waals surface area contributed by atoms with Gasteiger partial charge in [-0.05, 0) is 25.9 Å². The molecule has 84 valence electrons. The van der Waals surface area contributed by atoms with E-state index in [2.05, 4.69) is 27.1 Å². The van der Waals surface area contributed by atoms with Gasteiger partial charge in [0.1, 0.15) is 0 Å². The van der Waals surface area contributed by atoms with E-state index in [0.29, 0.717) is 6.04 Å². The van der Waals surface area contributed by atoms with Gasteiger partial charge in [0.2, 0.25) is 0 Å². The van der Waals surface area contributed by atoms with E-state index in [1.807, 2.05) is 6.20 Å². The average molecular weight is 208 g/mol. The van der Waals surface area contributed by atoms with Crippen LogP contribution in [0.4, 0.5) is 0 Å². The van der Waals surface area contributed by atoms with Crippen molar-refractivity contribution in [2.24, 2.45) is 0 Å². The SMILES string of the molecule is CCN(Cc1cnc[nH]1)C1CCCNC1. The molecule has 2 rings (SSSR count). The number of nitrogens with zero attached hydrogens (tertiary/aromatic N) is 2.